The number of hydrogen-bond donors (Lipinski definition) is 0. The van der Waals surface area contributed by atoms with Crippen LogP contribution in [0.25, 0.3) is 10.8 Å². The number of ketones is 1. The van der Waals surface area contributed by atoms with Crippen molar-refractivity contribution in [3.8, 4) is 0 Å². The van der Waals surface area contributed by atoms with Gasteiger partial charge in [0.25, 0.3) is 0 Å². The first-order valence-corrected chi connectivity index (χ1v) is 5.95. The minimum Gasteiger partial charge on any atom is -0.427 e. The first kappa shape index (κ1) is 12.6. The van der Waals surface area contributed by atoms with Gasteiger partial charge in [-0.1, -0.05) is 17.7 Å². The molecule has 0 fully saturated rings. The lowest BCUT2D eigenvalue weighted by molar-refractivity contribution is -0.118. The van der Waals surface area contributed by atoms with Crippen molar-refractivity contribution in [2.24, 2.45) is 0 Å². The van der Waals surface area contributed by atoms with Gasteiger partial charge in [0.15, 0.2) is 0 Å². The van der Waals surface area contributed by atoms with E-state index in [4.69, 9.17) is 4.42 Å². The highest BCUT2D eigenvalue weighted by molar-refractivity contribution is 5.87. The maximum Gasteiger partial charge on any atom is 0.344 e. The third-order valence-electron chi connectivity index (χ3n) is 3.26. The summed E-state index contributed by atoms with van der Waals surface area (Å²) in [6.07, 6.45) is 0. The van der Waals surface area contributed by atoms with E-state index in [9.17, 15) is 9.59 Å². The minimum absolute atomic E-state index is 0.0122. The Kier molecular flexibility index (Phi) is 3.07. The molecule has 1 unspecified atom stereocenters. The highest BCUT2D eigenvalue weighted by Crippen LogP contribution is 2.22. The second-order valence-corrected chi connectivity index (χ2v) is 4.81. The van der Waals surface area contributed by atoms with E-state index in [0.29, 0.717) is 11.1 Å². The van der Waals surface area contributed by atoms with Gasteiger partial charge in [-0.05, 0) is 44.7 Å². The SMILES string of the molecule is CC(=O)C(C)c1cc2cc(C)cc(C)c2c(=O)o1. The minimum atomic E-state index is -0.386. The van der Waals surface area contributed by atoms with E-state index in [0.717, 1.165) is 16.5 Å². The Bertz CT molecular complexity index is 680. The predicted molar refractivity (Wildman–Crippen MR) is 71.1 cm³/mol. The van der Waals surface area contributed by atoms with Gasteiger partial charge in [0.05, 0.1) is 11.3 Å². The number of carbonyl (C=O) groups excluding carboxylic acids is 1. The third kappa shape index (κ3) is 2.08. The Labute approximate surface area is 105 Å². The Morgan fingerprint density at radius 2 is 1.89 bits per heavy atom. The summed E-state index contributed by atoms with van der Waals surface area (Å²) in [4.78, 5) is 23.3. The average molecular weight is 244 g/mol. The number of benzene rings is 1. The molecule has 0 bridgehead atoms. The summed E-state index contributed by atoms with van der Waals surface area (Å²) in [6.45, 7) is 7.11. The first-order chi connectivity index (χ1) is 8.40. The van der Waals surface area contributed by atoms with Crippen molar-refractivity contribution >= 4 is 16.6 Å². The van der Waals surface area contributed by atoms with Gasteiger partial charge in [-0.2, -0.15) is 0 Å². The molecule has 0 spiro atoms. The molecule has 0 aliphatic rings. The van der Waals surface area contributed by atoms with Crippen LogP contribution < -0.4 is 5.63 Å². The molecule has 3 heteroatoms. The zero-order valence-electron chi connectivity index (χ0n) is 11.0. The number of fused-ring (bicyclic) bond motifs is 1. The smallest absolute Gasteiger partial charge is 0.344 e. The summed E-state index contributed by atoms with van der Waals surface area (Å²) in [5.41, 5.74) is 1.63. The third-order valence-corrected chi connectivity index (χ3v) is 3.26. The van der Waals surface area contributed by atoms with Crippen molar-refractivity contribution in [3.63, 3.8) is 0 Å². The van der Waals surface area contributed by atoms with Gasteiger partial charge >= 0.3 is 5.63 Å². The van der Waals surface area contributed by atoms with E-state index in [1.54, 1.807) is 13.0 Å². The van der Waals surface area contributed by atoms with Gasteiger partial charge in [0.2, 0.25) is 0 Å². The van der Waals surface area contributed by atoms with Crippen molar-refractivity contribution in [1.82, 2.24) is 0 Å². The van der Waals surface area contributed by atoms with Crippen LogP contribution in [0.1, 0.15) is 36.7 Å². The molecule has 1 atom stereocenters. The second kappa shape index (κ2) is 4.41. The number of hydrogen-bond acceptors (Lipinski definition) is 3. The highest BCUT2D eigenvalue weighted by Gasteiger charge is 2.16. The summed E-state index contributed by atoms with van der Waals surface area (Å²) >= 11 is 0. The average Bonchev–Trinajstić information content (AvgIpc) is 2.25. The zero-order valence-corrected chi connectivity index (χ0v) is 11.0. The van der Waals surface area contributed by atoms with Crippen LogP contribution in [0.3, 0.4) is 0 Å². The summed E-state index contributed by atoms with van der Waals surface area (Å²) in [5.74, 6) is 0.0368. The lowest BCUT2D eigenvalue weighted by atomic mass is 10.00. The molecule has 2 aromatic rings. The van der Waals surface area contributed by atoms with Crippen LogP contribution in [0.2, 0.25) is 0 Å². The Morgan fingerprint density at radius 3 is 2.50 bits per heavy atom. The zero-order chi connectivity index (χ0) is 13.4. The second-order valence-electron chi connectivity index (χ2n) is 4.81. The molecule has 0 aliphatic carbocycles. The number of Topliss-reactive ketones (excluding diaryl/α,β-unsaturated/α-hetero) is 1. The molecule has 0 amide bonds. The lowest BCUT2D eigenvalue weighted by Gasteiger charge is -2.09. The molecule has 1 aromatic carbocycles. The number of rotatable bonds is 2. The fraction of sp³-hybridized carbons (Fsp3) is 0.333. The van der Waals surface area contributed by atoms with Gasteiger partial charge < -0.3 is 4.42 Å². The maximum absolute atomic E-state index is 12.0. The van der Waals surface area contributed by atoms with E-state index < -0.39 is 0 Å². The van der Waals surface area contributed by atoms with Gasteiger partial charge in [-0.25, -0.2) is 4.79 Å². The Hall–Kier alpha value is -1.90. The van der Waals surface area contributed by atoms with Crippen molar-refractivity contribution in [2.75, 3.05) is 0 Å². The summed E-state index contributed by atoms with van der Waals surface area (Å²) < 4.78 is 5.26. The van der Waals surface area contributed by atoms with Crippen LogP contribution in [0.5, 0.6) is 0 Å². The van der Waals surface area contributed by atoms with Crippen LogP contribution in [0.4, 0.5) is 0 Å². The topological polar surface area (TPSA) is 47.3 Å². The van der Waals surface area contributed by atoms with E-state index >= 15 is 0 Å². The fourth-order valence-corrected chi connectivity index (χ4v) is 2.15. The quantitative estimate of drug-likeness (QED) is 0.815. The normalized spacial score (nSPS) is 12.7. The largest absolute Gasteiger partial charge is 0.427 e. The molecule has 2 rings (SSSR count). The van der Waals surface area contributed by atoms with Crippen LogP contribution in [0, 0.1) is 13.8 Å². The highest BCUT2D eigenvalue weighted by atomic mass is 16.4. The lowest BCUT2D eigenvalue weighted by Crippen LogP contribution is -2.10. The molecule has 0 saturated carbocycles. The molecule has 94 valence electrons. The van der Waals surface area contributed by atoms with Crippen LogP contribution in [-0.4, -0.2) is 5.78 Å². The number of carbonyl (C=O) groups is 1. The van der Waals surface area contributed by atoms with E-state index in [2.05, 4.69) is 0 Å². The summed E-state index contributed by atoms with van der Waals surface area (Å²) in [7, 11) is 0. The molecule has 1 heterocycles. The van der Waals surface area contributed by atoms with E-state index in [1.165, 1.54) is 6.92 Å². The number of aryl methyl sites for hydroxylation is 2. The van der Waals surface area contributed by atoms with E-state index in [-0.39, 0.29) is 17.3 Å². The summed E-state index contributed by atoms with van der Waals surface area (Å²) in [5, 5.41) is 1.44. The molecule has 0 radical (unpaired) electrons. The molecular weight excluding hydrogens is 228 g/mol. The molecule has 18 heavy (non-hydrogen) atoms. The molecule has 0 aliphatic heterocycles. The maximum atomic E-state index is 12.0. The Morgan fingerprint density at radius 1 is 1.22 bits per heavy atom. The van der Waals surface area contributed by atoms with Gasteiger partial charge in [-0.3, -0.25) is 4.79 Å². The predicted octanol–water partition coefficient (Wildman–Crippen LogP) is 3.10. The molecule has 3 nitrogen and oxygen atoms in total. The van der Waals surface area contributed by atoms with Crippen molar-refractivity contribution in [2.45, 2.75) is 33.6 Å². The van der Waals surface area contributed by atoms with Gasteiger partial charge in [-0.15, -0.1) is 0 Å². The fourth-order valence-electron chi connectivity index (χ4n) is 2.15. The van der Waals surface area contributed by atoms with Gasteiger partial charge in [0, 0.05) is 0 Å². The monoisotopic (exact) mass is 244 g/mol. The molecular formula is C15H16O3. The van der Waals surface area contributed by atoms with E-state index in [1.807, 2.05) is 26.0 Å². The van der Waals surface area contributed by atoms with Crippen molar-refractivity contribution in [3.05, 3.63) is 45.5 Å². The molecule has 0 saturated heterocycles. The Balaban J connectivity index is 2.77. The van der Waals surface area contributed by atoms with Crippen LogP contribution in [-0.2, 0) is 4.79 Å². The van der Waals surface area contributed by atoms with Gasteiger partial charge in [0.1, 0.15) is 11.5 Å². The van der Waals surface area contributed by atoms with Crippen molar-refractivity contribution < 1.29 is 9.21 Å². The standard InChI is InChI=1S/C15H16O3/c1-8-5-9(2)14-12(6-8)7-13(18-15(14)17)10(3)11(4)16/h5-7,10H,1-4H3. The molecule has 1 aromatic heterocycles. The van der Waals surface area contributed by atoms with Crippen LogP contribution >= 0.6 is 0 Å². The first-order valence-electron chi connectivity index (χ1n) is 5.95. The molecule has 0 N–H and O–H groups in total. The van der Waals surface area contributed by atoms with Crippen molar-refractivity contribution in [1.29, 1.82) is 0 Å². The summed E-state index contributed by atoms with van der Waals surface area (Å²) in [6, 6.07) is 5.69. The van der Waals surface area contributed by atoms with Crippen LogP contribution in [0.15, 0.2) is 27.4 Å².